The Morgan fingerprint density at radius 2 is 1.62 bits per heavy atom. The van der Waals surface area contributed by atoms with Gasteiger partial charge in [0.15, 0.2) is 0 Å². The van der Waals surface area contributed by atoms with E-state index in [9.17, 15) is 9.59 Å². The van der Waals surface area contributed by atoms with Crippen LogP contribution in [0.25, 0.3) is 10.9 Å². The molecule has 32 heavy (non-hydrogen) atoms. The Morgan fingerprint density at radius 3 is 2.38 bits per heavy atom. The van der Waals surface area contributed by atoms with Gasteiger partial charge in [0.25, 0.3) is 5.91 Å². The monoisotopic (exact) mass is 425 g/mol. The zero-order valence-corrected chi connectivity index (χ0v) is 17.4. The molecule has 0 aliphatic rings. The number of rotatable bonds is 8. The Balaban J connectivity index is 1.42. The molecule has 3 aromatic carbocycles. The molecule has 0 aliphatic carbocycles. The zero-order valence-electron chi connectivity index (χ0n) is 17.4. The lowest BCUT2D eigenvalue weighted by Gasteiger charge is -2.16. The molecular formula is C26H23N3O3. The number of para-hydroxylation sites is 1. The van der Waals surface area contributed by atoms with E-state index in [0.717, 1.165) is 22.3 Å². The van der Waals surface area contributed by atoms with Crippen molar-refractivity contribution < 1.29 is 14.3 Å². The highest BCUT2D eigenvalue weighted by Gasteiger charge is 2.21. The standard InChI is InChI=1S/C26H23N3O3/c27-25(30)23(29-26(31)22-10-4-8-20-9-5-15-28-24(20)22)16-18-11-13-21(14-12-18)32-17-19-6-2-1-3-7-19/h1-15,23H,16-17H2,(H2,27,30)(H,29,31)/t23-/m0/s1. The van der Waals surface area contributed by atoms with Crippen molar-refractivity contribution in [3.05, 3.63) is 108 Å². The van der Waals surface area contributed by atoms with E-state index < -0.39 is 11.9 Å². The first-order chi connectivity index (χ1) is 15.6. The van der Waals surface area contributed by atoms with E-state index in [-0.39, 0.29) is 12.3 Å². The minimum atomic E-state index is -0.849. The topological polar surface area (TPSA) is 94.3 Å². The van der Waals surface area contributed by atoms with Crippen molar-refractivity contribution in [2.24, 2.45) is 5.73 Å². The van der Waals surface area contributed by atoms with Crippen LogP contribution in [0.2, 0.25) is 0 Å². The molecule has 4 rings (SSSR count). The number of primary amides is 1. The van der Waals surface area contributed by atoms with Gasteiger partial charge in [-0.05, 0) is 35.4 Å². The Labute approximate surface area is 186 Å². The summed E-state index contributed by atoms with van der Waals surface area (Å²) in [5.41, 5.74) is 8.49. The van der Waals surface area contributed by atoms with Gasteiger partial charge < -0.3 is 15.8 Å². The highest BCUT2D eigenvalue weighted by Crippen LogP contribution is 2.18. The molecule has 0 aliphatic heterocycles. The van der Waals surface area contributed by atoms with Gasteiger partial charge in [0.2, 0.25) is 5.91 Å². The smallest absolute Gasteiger partial charge is 0.254 e. The van der Waals surface area contributed by atoms with Gasteiger partial charge in [-0.1, -0.05) is 60.7 Å². The van der Waals surface area contributed by atoms with E-state index in [1.165, 1.54) is 0 Å². The van der Waals surface area contributed by atoms with Crippen LogP contribution in [0.15, 0.2) is 91.1 Å². The number of nitrogens with zero attached hydrogens (tertiary/aromatic N) is 1. The van der Waals surface area contributed by atoms with Gasteiger partial charge in [-0.2, -0.15) is 0 Å². The fourth-order valence-corrected chi connectivity index (χ4v) is 3.44. The van der Waals surface area contributed by atoms with Crippen molar-refractivity contribution >= 4 is 22.7 Å². The van der Waals surface area contributed by atoms with Crippen LogP contribution in [0.4, 0.5) is 0 Å². The molecule has 0 spiro atoms. The molecule has 6 heteroatoms. The maximum atomic E-state index is 12.9. The minimum absolute atomic E-state index is 0.276. The summed E-state index contributed by atoms with van der Waals surface area (Å²) in [6.07, 6.45) is 1.91. The van der Waals surface area contributed by atoms with Crippen LogP contribution < -0.4 is 15.8 Å². The molecule has 0 fully saturated rings. The second kappa shape index (κ2) is 9.75. The van der Waals surface area contributed by atoms with E-state index in [2.05, 4.69) is 10.3 Å². The van der Waals surface area contributed by atoms with E-state index >= 15 is 0 Å². The van der Waals surface area contributed by atoms with Crippen LogP contribution in [0.3, 0.4) is 0 Å². The van der Waals surface area contributed by atoms with E-state index in [1.807, 2.05) is 72.8 Å². The molecule has 1 heterocycles. The predicted octanol–water partition coefficient (Wildman–Crippen LogP) is 3.64. The number of hydrogen-bond acceptors (Lipinski definition) is 4. The van der Waals surface area contributed by atoms with Crippen molar-refractivity contribution in [3.8, 4) is 5.75 Å². The Bertz CT molecular complexity index is 1220. The van der Waals surface area contributed by atoms with E-state index in [4.69, 9.17) is 10.5 Å². The maximum absolute atomic E-state index is 12.9. The first kappa shape index (κ1) is 21.1. The second-order valence-electron chi connectivity index (χ2n) is 7.43. The van der Waals surface area contributed by atoms with Crippen LogP contribution in [0, 0.1) is 0 Å². The van der Waals surface area contributed by atoms with Crippen LogP contribution in [-0.4, -0.2) is 22.8 Å². The maximum Gasteiger partial charge on any atom is 0.254 e. The molecule has 3 N–H and O–H groups in total. The summed E-state index contributed by atoms with van der Waals surface area (Å²) in [7, 11) is 0. The van der Waals surface area contributed by atoms with E-state index in [0.29, 0.717) is 17.7 Å². The number of nitrogens with two attached hydrogens (primary N) is 1. The third kappa shape index (κ3) is 5.10. The largest absolute Gasteiger partial charge is 0.489 e. The quantitative estimate of drug-likeness (QED) is 0.451. The fraction of sp³-hybridized carbons (Fsp3) is 0.115. The number of carbonyl (C=O) groups excluding carboxylic acids is 2. The van der Waals surface area contributed by atoms with Crippen LogP contribution in [0.5, 0.6) is 5.75 Å². The molecule has 4 aromatic rings. The van der Waals surface area contributed by atoms with Crippen molar-refractivity contribution in [1.82, 2.24) is 10.3 Å². The number of nitrogens with one attached hydrogen (secondary N) is 1. The Morgan fingerprint density at radius 1 is 0.875 bits per heavy atom. The highest BCUT2D eigenvalue weighted by atomic mass is 16.5. The van der Waals surface area contributed by atoms with Crippen molar-refractivity contribution in [2.75, 3.05) is 0 Å². The zero-order chi connectivity index (χ0) is 22.3. The third-order valence-electron chi connectivity index (χ3n) is 5.14. The van der Waals surface area contributed by atoms with Crippen LogP contribution in [-0.2, 0) is 17.8 Å². The molecule has 2 amide bonds. The second-order valence-corrected chi connectivity index (χ2v) is 7.43. The van der Waals surface area contributed by atoms with Crippen molar-refractivity contribution in [2.45, 2.75) is 19.1 Å². The van der Waals surface area contributed by atoms with Gasteiger partial charge in [0.1, 0.15) is 18.4 Å². The van der Waals surface area contributed by atoms with E-state index in [1.54, 1.807) is 18.3 Å². The van der Waals surface area contributed by atoms with Gasteiger partial charge in [0.05, 0.1) is 11.1 Å². The third-order valence-corrected chi connectivity index (χ3v) is 5.14. The number of aromatic nitrogens is 1. The first-order valence-corrected chi connectivity index (χ1v) is 10.3. The number of ether oxygens (including phenoxy) is 1. The molecular weight excluding hydrogens is 402 g/mol. The van der Waals surface area contributed by atoms with Gasteiger partial charge >= 0.3 is 0 Å². The molecule has 0 saturated heterocycles. The molecule has 1 atom stereocenters. The number of pyridine rings is 1. The number of carbonyl (C=O) groups is 2. The Kier molecular flexibility index (Phi) is 6.41. The molecule has 0 unspecified atom stereocenters. The summed E-state index contributed by atoms with van der Waals surface area (Å²) in [6, 6.07) is 25.5. The van der Waals surface area contributed by atoms with Crippen LogP contribution in [0.1, 0.15) is 21.5 Å². The average Bonchev–Trinajstić information content (AvgIpc) is 2.83. The molecule has 160 valence electrons. The summed E-state index contributed by atoms with van der Waals surface area (Å²) in [5, 5.41) is 3.60. The lowest BCUT2D eigenvalue weighted by molar-refractivity contribution is -0.119. The minimum Gasteiger partial charge on any atom is -0.489 e. The number of fused-ring (bicyclic) bond motifs is 1. The van der Waals surface area contributed by atoms with Gasteiger partial charge in [-0.3, -0.25) is 14.6 Å². The van der Waals surface area contributed by atoms with Gasteiger partial charge in [-0.15, -0.1) is 0 Å². The molecule has 0 saturated carbocycles. The molecule has 6 nitrogen and oxygen atoms in total. The highest BCUT2D eigenvalue weighted by molar-refractivity contribution is 6.06. The lowest BCUT2D eigenvalue weighted by Crippen LogP contribution is -2.45. The fourth-order valence-electron chi connectivity index (χ4n) is 3.44. The summed E-state index contributed by atoms with van der Waals surface area (Å²) in [5.74, 6) is -0.268. The molecule has 1 aromatic heterocycles. The molecule has 0 bridgehead atoms. The Hall–Kier alpha value is -4.19. The average molecular weight is 425 g/mol. The lowest BCUT2D eigenvalue weighted by atomic mass is 10.0. The number of amides is 2. The summed E-state index contributed by atoms with van der Waals surface area (Å²) in [4.78, 5) is 29.2. The predicted molar refractivity (Wildman–Crippen MR) is 123 cm³/mol. The normalized spacial score (nSPS) is 11.6. The number of benzene rings is 3. The molecule has 0 radical (unpaired) electrons. The van der Waals surface area contributed by atoms with Crippen molar-refractivity contribution in [1.29, 1.82) is 0 Å². The van der Waals surface area contributed by atoms with Crippen molar-refractivity contribution in [3.63, 3.8) is 0 Å². The first-order valence-electron chi connectivity index (χ1n) is 10.3. The SMILES string of the molecule is NC(=O)[C@H](Cc1ccc(OCc2ccccc2)cc1)NC(=O)c1cccc2cccnc12. The van der Waals surface area contributed by atoms with Crippen LogP contribution >= 0.6 is 0 Å². The van der Waals surface area contributed by atoms with Gasteiger partial charge in [0, 0.05) is 18.0 Å². The summed E-state index contributed by atoms with van der Waals surface area (Å²) >= 11 is 0. The summed E-state index contributed by atoms with van der Waals surface area (Å²) < 4.78 is 5.79. The number of hydrogen-bond donors (Lipinski definition) is 2. The van der Waals surface area contributed by atoms with Gasteiger partial charge in [-0.25, -0.2) is 0 Å². The summed E-state index contributed by atoms with van der Waals surface area (Å²) in [6.45, 7) is 0.471.